The zero-order chi connectivity index (χ0) is 19.7. The zero-order valence-electron chi connectivity index (χ0n) is 19.0. The number of benzene rings is 1. The van der Waals surface area contributed by atoms with Gasteiger partial charge in [-0.15, -0.1) is 0 Å². The first-order valence-corrected chi connectivity index (χ1v) is 11.3. The summed E-state index contributed by atoms with van der Waals surface area (Å²) in [5.74, 6) is 5.45. The third-order valence-corrected chi connectivity index (χ3v) is 7.69. The van der Waals surface area contributed by atoms with Crippen LogP contribution < -0.4 is 0 Å². The molecule has 1 aromatic rings. The molecule has 0 heterocycles. The topological polar surface area (TPSA) is 0 Å². The lowest BCUT2D eigenvalue weighted by Crippen LogP contribution is -2.39. The summed E-state index contributed by atoms with van der Waals surface area (Å²) in [4.78, 5) is 0. The van der Waals surface area contributed by atoms with Crippen molar-refractivity contribution in [3.8, 4) is 0 Å². The molecule has 0 aromatic heterocycles. The molecule has 2 fully saturated rings. The molecule has 1 aromatic carbocycles. The maximum atomic E-state index is 2.42. The summed E-state index contributed by atoms with van der Waals surface area (Å²) in [5.41, 5.74) is 2.66. The quantitative estimate of drug-likeness (QED) is 0.424. The van der Waals surface area contributed by atoms with Gasteiger partial charge in [0.15, 0.2) is 0 Å². The van der Waals surface area contributed by atoms with Gasteiger partial charge in [0.1, 0.15) is 0 Å². The summed E-state index contributed by atoms with van der Waals surface area (Å²) < 4.78 is 0. The second-order valence-corrected chi connectivity index (χ2v) is 9.43. The van der Waals surface area contributed by atoms with Crippen LogP contribution in [0.25, 0.3) is 0 Å². The number of rotatable bonds is 0. The van der Waals surface area contributed by atoms with Crippen molar-refractivity contribution in [3.05, 3.63) is 35.4 Å². The lowest BCUT2D eigenvalue weighted by atomic mass is 9.60. The maximum absolute atomic E-state index is 2.42. The molecule has 158 valence electrons. The Morgan fingerprint density at radius 2 is 0.593 bits per heavy atom. The van der Waals surface area contributed by atoms with Crippen molar-refractivity contribution in [2.45, 2.75) is 101 Å². The van der Waals surface area contributed by atoms with Crippen molar-refractivity contribution in [2.75, 3.05) is 0 Å². The molecule has 0 bridgehead atoms. The van der Waals surface area contributed by atoms with E-state index < -0.39 is 0 Å². The lowest BCUT2D eigenvalue weighted by molar-refractivity contribution is 0.0302. The summed E-state index contributed by atoms with van der Waals surface area (Å²) >= 11 is 0. The van der Waals surface area contributed by atoms with E-state index in [1.807, 2.05) is 0 Å². The lowest BCUT2D eigenvalue weighted by Gasteiger charge is -2.45. The molecule has 0 N–H and O–H groups in total. The van der Waals surface area contributed by atoms with Crippen molar-refractivity contribution in [1.82, 2.24) is 0 Å². The molecule has 0 saturated heterocycles. The maximum Gasteiger partial charge on any atom is -0.0386 e. The Morgan fingerprint density at radius 3 is 0.741 bits per heavy atom. The SMILES string of the molecule is C.C1CCCCC1.CC1C(C)C(C)C(C)C(C)C1C.Cc1ccc(C)cc1. The van der Waals surface area contributed by atoms with Gasteiger partial charge in [0, 0.05) is 0 Å². The highest BCUT2D eigenvalue weighted by Crippen LogP contribution is 2.44. The summed E-state index contributed by atoms with van der Waals surface area (Å²) in [6.07, 6.45) is 9.00. The molecule has 2 aliphatic carbocycles. The molecule has 0 aliphatic heterocycles. The molecule has 3 rings (SSSR count). The van der Waals surface area contributed by atoms with Crippen LogP contribution in [0.2, 0.25) is 0 Å². The van der Waals surface area contributed by atoms with Gasteiger partial charge in [0.25, 0.3) is 0 Å². The van der Waals surface area contributed by atoms with Gasteiger partial charge in [-0.25, -0.2) is 0 Å². The average Bonchev–Trinajstić information content (AvgIpc) is 2.68. The highest BCUT2D eigenvalue weighted by Gasteiger charge is 2.38. The van der Waals surface area contributed by atoms with Gasteiger partial charge in [-0.1, -0.05) is 123 Å². The third kappa shape index (κ3) is 8.84. The van der Waals surface area contributed by atoms with Crippen LogP contribution in [0.3, 0.4) is 0 Å². The van der Waals surface area contributed by atoms with E-state index in [4.69, 9.17) is 0 Å². The molecule has 0 spiro atoms. The fourth-order valence-corrected chi connectivity index (χ4v) is 4.57. The number of hydrogen-bond donors (Lipinski definition) is 0. The smallest absolute Gasteiger partial charge is 0.0386 e. The summed E-state index contributed by atoms with van der Waals surface area (Å²) in [6.45, 7) is 18.7. The molecule has 0 atom stereocenters. The van der Waals surface area contributed by atoms with Crippen LogP contribution in [0.4, 0.5) is 0 Å². The zero-order valence-corrected chi connectivity index (χ0v) is 19.0. The average molecular weight is 375 g/mol. The Kier molecular flexibility index (Phi) is 13.0. The molecular weight excluding hydrogens is 324 g/mol. The normalized spacial score (nSPS) is 32.7. The van der Waals surface area contributed by atoms with Crippen molar-refractivity contribution < 1.29 is 0 Å². The van der Waals surface area contributed by atoms with Gasteiger partial charge < -0.3 is 0 Å². The van der Waals surface area contributed by atoms with Crippen molar-refractivity contribution in [1.29, 1.82) is 0 Å². The van der Waals surface area contributed by atoms with Crippen LogP contribution in [-0.4, -0.2) is 0 Å². The van der Waals surface area contributed by atoms with E-state index in [0.717, 1.165) is 35.5 Å². The Hall–Kier alpha value is -0.780. The van der Waals surface area contributed by atoms with Gasteiger partial charge in [-0.05, 0) is 49.4 Å². The van der Waals surface area contributed by atoms with Crippen LogP contribution in [0.15, 0.2) is 24.3 Å². The minimum absolute atomic E-state index is 0. The highest BCUT2D eigenvalue weighted by atomic mass is 14.4. The van der Waals surface area contributed by atoms with Gasteiger partial charge in [-0.2, -0.15) is 0 Å². The second-order valence-electron chi connectivity index (χ2n) is 9.43. The van der Waals surface area contributed by atoms with Gasteiger partial charge >= 0.3 is 0 Å². The van der Waals surface area contributed by atoms with Crippen LogP contribution in [-0.2, 0) is 0 Å². The van der Waals surface area contributed by atoms with E-state index >= 15 is 0 Å². The summed E-state index contributed by atoms with van der Waals surface area (Å²) in [7, 11) is 0. The molecule has 0 heteroatoms. The molecule has 2 aliphatic rings. The monoisotopic (exact) mass is 374 g/mol. The third-order valence-electron chi connectivity index (χ3n) is 7.69. The first-order chi connectivity index (χ1) is 12.3. The summed E-state index contributed by atoms with van der Waals surface area (Å²) in [5, 5.41) is 0. The molecular formula is C27H50. The fraction of sp³-hybridized carbons (Fsp3) is 0.778. The number of hydrogen-bond acceptors (Lipinski definition) is 0. The Labute approximate surface area is 172 Å². The van der Waals surface area contributed by atoms with E-state index in [0.29, 0.717) is 0 Å². The minimum atomic E-state index is 0. The second kappa shape index (κ2) is 13.4. The van der Waals surface area contributed by atoms with Gasteiger partial charge in [-0.3, -0.25) is 0 Å². The predicted octanol–water partition coefficient (Wildman–Crippen LogP) is 9.10. The minimum Gasteiger partial charge on any atom is -0.0776 e. The van der Waals surface area contributed by atoms with Gasteiger partial charge in [0.05, 0.1) is 0 Å². The van der Waals surface area contributed by atoms with Crippen LogP contribution in [0.1, 0.15) is 98.6 Å². The Bertz CT molecular complexity index is 376. The Morgan fingerprint density at radius 1 is 0.444 bits per heavy atom. The standard InChI is InChI=1S/C12H24.C8H10.C6H12.CH4/c1-7-8(2)10(4)12(6)11(5)9(7)3;1-7-3-5-8(2)6-4-7;1-2-4-6-5-3-1;/h7-12H,1-6H3;3-6H,1-2H3;1-6H2;1H4. The van der Waals surface area contributed by atoms with E-state index in [1.54, 1.807) is 0 Å². The highest BCUT2D eigenvalue weighted by molar-refractivity contribution is 5.19. The van der Waals surface area contributed by atoms with E-state index in [-0.39, 0.29) is 7.43 Å². The van der Waals surface area contributed by atoms with Crippen LogP contribution >= 0.6 is 0 Å². The Balaban J connectivity index is 0.000000392. The molecule has 2 saturated carbocycles. The first-order valence-electron chi connectivity index (χ1n) is 11.3. The molecule has 0 amide bonds. The van der Waals surface area contributed by atoms with Crippen molar-refractivity contribution >= 4 is 0 Å². The van der Waals surface area contributed by atoms with Crippen LogP contribution in [0.5, 0.6) is 0 Å². The largest absolute Gasteiger partial charge is 0.0776 e. The molecule has 0 nitrogen and oxygen atoms in total. The predicted molar refractivity (Wildman–Crippen MR) is 125 cm³/mol. The van der Waals surface area contributed by atoms with Crippen molar-refractivity contribution in [2.24, 2.45) is 35.5 Å². The molecule has 0 unspecified atom stereocenters. The van der Waals surface area contributed by atoms with E-state index in [9.17, 15) is 0 Å². The molecule has 0 radical (unpaired) electrons. The van der Waals surface area contributed by atoms with Crippen molar-refractivity contribution in [3.63, 3.8) is 0 Å². The number of aryl methyl sites for hydroxylation is 2. The fourth-order valence-electron chi connectivity index (χ4n) is 4.57. The summed E-state index contributed by atoms with van der Waals surface area (Å²) in [6, 6.07) is 8.48. The van der Waals surface area contributed by atoms with E-state index in [2.05, 4.69) is 79.7 Å². The van der Waals surface area contributed by atoms with Crippen LogP contribution in [0, 0.1) is 49.4 Å². The first kappa shape index (κ1) is 26.2. The van der Waals surface area contributed by atoms with Gasteiger partial charge in [0.2, 0.25) is 0 Å². The van der Waals surface area contributed by atoms with E-state index in [1.165, 1.54) is 49.7 Å². The molecule has 27 heavy (non-hydrogen) atoms.